The van der Waals surface area contributed by atoms with Gasteiger partial charge in [0.25, 0.3) is 0 Å². The lowest BCUT2D eigenvalue weighted by Gasteiger charge is -2.27. The van der Waals surface area contributed by atoms with Crippen molar-refractivity contribution in [1.29, 1.82) is 0 Å². The smallest absolute Gasteiger partial charge is 0.240 e. The molecule has 3 heterocycles. The Labute approximate surface area is 154 Å². The summed E-state index contributed by atoms with van der Waals surface area (Å²) in [6.45, 7) is 4.34. The molecule has 1 N–H and O–H groups in total. The fourth-order valence-electron chi connectivity index (χ4n) is 4.01. The molecule has 1 saturated heterocycles. The van der Waals surface area contributed by atoms with Gasteiger partial charge in [0.15, 0.2) is 0 Å². The summed E-state index contributed by atoms with van der Waals surface area (Å²) < 4.78 is 7.37. The Morgan fingerprint density at radius 1 is 1.15 bits per heavy atom. The molecule has 0 aromatic carbocycles. The van der Waals surface area contributed by atoms with E-state index in [-0.39, 0.29) is 5.91 Å². The van der Waals surface area contributed by atoms with Crippen LogP contribution >= 0.6 is 0 Å². The zero-order valence-corrected chi connectivity index (χ0v) is 15.3. The zero-order chi connectivity index (χ0) is 17.8. The van der Waals surface area contributed by atoms with Gasteiger partial charge in [0.05, 0.1) is 13.2 Å². The number of aromatic nitrogens is 2. The maximum absolute atomic E-state index is 12.4. The number of amides is 1. The first-order valence-corrected chi connectivity index (χ1v) is 9.85. The summed E-state index contributed by atoms with van der Waals surface area (Å²) in [5, 5.41) is 4.19. The van der Waals surface area contributed by atoms with Gasteiger partial charge >= 0.3 is 0 Å². The summed E-state index contributed by atoms with van der Waals surface area (Å²) >= 11 is 0. The highest BCUT2D eigenvalue weighted by atomic mass is 16.5. The molecule has 1 aliphatic carbocycles. The number of pyridine rings is 1. The lowest BCUT2D eigenvalue weighted by atomic mass is 9.89. The normalized spacial score (nSPS) is 19.0. The van der Waals surface area contributed by atoms with E-state index in [1.165, 1.54) is 32.1 Å². The second-order valence-corrected chi connectivity index (χ2v) is 7.43. The lowest BCUT2D eigenvalue weighted by molar-refractivity contribution is -0.121. The standard InChI is InChI=1S/C20H28N4O2/c25-19(21-14-16-4-2-1-3-5-16)15-24-9-8-17-6-7-18(22-20(17)24)23-10-12-26-13-11-23/h6-9,16H,1-5,10-15H2,(H,21,25). The third-order valence-corrected chi connectivity index (χ3v) is 5.56. The van der Waals surface area contributed by atoms with Crippen LogP contribution in [0.15, 0.2) is 24.4 Å². The van der Waals surface area contributed by atoms with Crippen LogP contribution in [0.4, 0.5) is 5.82 Å². The van der Waals surface area contributed by atoms with Crippen LogP contribution in [0.2, 0.25) is 0 Å². The first-order chi connectivity index (χ1) is 12.8. The van der Waals surface area contributed by atoms with Crippen molar-refractivity contribution in [3.63, 3.8) is 0 Å². The minimum Gasteiger partial charge on any atom is -0.378 e. The van der Waals surface area contributed by atoms with Gasteiger partial charge in [-0.15, -0.1) is 0 Å². The van der Waals surface area contributed by atoms with E-state index in [9.17, 15) is 4.79 Å². The molecular weight excluding hydrogens is 328 g/mol. The number of anilines is 1. The average molecular weight is 356 g/mol. The molecule has 140 valence electrons. The molecule has 0 unspecified atom stereocenters. The summed E-state index contributed by atoms with van der Waals surface area (Å²) in [7, 11) is 0. The minimum atomic E-state index is 0.0756. The number of ether oxygens (including phenoxy) is 1. The van der Waals surface area contributed by atoms with Gasteiger partial charge in [0, 0.05) is 31.2 Å². The van der Waals surface area contributed by atoms with Crippen LogP contribution in [-0.2, 0) is 16.1 Å². The van der Waals surface area contributed by atoms with E-state index in [0.717, 1.165) is 49.7 Å². The first kappa shape index (κ1) is 17.3. The van der Waals surface area contributed by atoms with Crippen LogP contribution in [0.1, 0.15) is 32.1 Å². The van der Waals surface area contributed by atoms with E-state index < -0.39 is 0 Å². The maximum atomic E-state index is 12.4. The van der Waals surface area contributed by atoms with E-state index >= 15 is 0 Å². The second-order valence-electron chi connectivity index (χ2n) is 7.43. The van der Waals surface area contributed by atoms with E-state index in [1.54, 1.807) is 0 Å². The van der Waals surface area contributed by atoms with E-state index in [0.29, 0.717) is 12.5 Å². The Kier molecular flexibility index (Phi) is 5.39. The Balaban J connectivity index is 1.41. The number of carbonyl (C=O) groups excluding carboxylic acids is 1. The number of hydrogen-bond donors (Lipinski definition) is 1. The fourth-order valence-corrected chi connectivity index (χ4v) is 4.01. The van der Waals surface area contributed by atoms with Crippen molar-refractivity contribution in [2.45, 2.75) is 38.6 Å². The Bertz CT molecular complexity index is 745. The van der Waals surface area contributed by atoms with Crippen molar-refractivity contribution in [2.24, 2.45) is 5.92 Å². The molecule has 6 heteroatoms. The van der Waals surface area contributed by atoms with Gasteiger partial charge in [-0.1, -0.05) is 19.3 Å². The van der Waals surface area contributed by atoms with Gasteiger partial charge < -0.3 is 19.5 Å². The van der Waals surface area contributed by atoms with E-state index in [4.69, 9.17) is 9.72 Å². The average Bonchev–Trinajstić information content (AvgIpc) is 3.10. The molecule has 26 heavy (non-hydrogen) atoms. The van der Waals surface area contributed by atoms with Crippen LogP contribution in [0.25, 0.3) is 11.0 Å². The predicted molar refractivity (Wildman–Crippen MR) is 102 cm³/mol. The molecule has 2 fully saturated rings. The van der Waals surface area contributed by atoms with Crippen molar-refractivity contribution >= 4 is 22.8 Å². The fraction of sp³-hybridized carbons (Fsp3) is 0.600. The number of rotatable bonds is 5. The number of nitrogens with one attached hydrogen (secondary N) is 1. The van der Waals surface area contributed by atoms with Crippen LogP contribution in [0.5, 0.6) is 0 Å². The predicted octanol–water partition coefficient (Wildman–Crippen LogP) is 2.57. The minimum absolute atomic E-state index is 0.0756. The van der Waals surface area contributed by atoms with Crippen molar-refractivity contribution in [3.05, 3.63) is 24.4 Å². The van der Waals surface area contributed by atoms with Gasteiger partial charge in [-0.2, -0.15) is 0 Å². The highest BCUT2D eigenvalue weighted by molar-refractivity contribution is 5.82. The van der Waals surface area contributed by atoms with Crippen molar-refractivity contribution in [1.82, 2.24) is 14.9 Å². The summed E-state index contributed by atoms with van der Waals surface area (Å²) in [6, 6.07) is 6.17. The van der Waals surface area contributed by atoms with Gasteiger partial charge in [-0.05, 0) is 37.0 Å². The molecule has 1 amide bonds. The molecule has 1 saturated carbocycles. The van der Waals surface area contributed by atoms with Gasteiger partial charge in [0.2, 0.25) is 5.91 Å². The largest absolute Gasteiger partial charge is 0.378 e. The first-order valence-electron chi connectivity index (χ1n) is 9.85. The SMILES string of the molecule is O=C(Cn1ccc2ccc(N3CCOCC3)nc21)NCC1CCCCC1. The third-order valence-electron chi connectivity index (χ3n) is 5.56. The number of carbonyl (C=O) groups is 1. The highest BCUT2D eigenvalue weighted by Crippen LogP contribution is 2.23. The van der Waals surface area contributed by atoms with Gasteiger partial charge in [0.1, 0.15) is 18.0 Å². The monoisotopic (exact) mass is 356 g/mol. The van der Waals surface area contributed by atoms with E-state index in [2.05, 4.69) is 22.3 Å². The second kappa shape index (κ2) is 8.08. The molecule has 0 radical (unpaired) electrons. The number of hydrogen-bond acceptors (Lipinski definition) is 4. The summed E-state index contributed by atoms with van der Waals surface area (Å²) in [4.78, 5) is 19.5. The van der Waals surface area contributed by atoms with E-state index in [1.807, 2.05) is 16.8 Å². The third kappa shape index (κ3) is 4.01. The van der Waals surface area contributed by atoms with Crippen LogP contribution in [0.3, 0.4) is 0 Å². The quantitative estimate of drug-likeness (QED) is 0.894. The highest BCUT2D eigenvalue weighted by Gasteiger charge is 2.16. The van der Waals surface area contributed by atoms with Gasteiger partial charge in [-0.3, -0.25) is 4.79 Å². The van der Waals surface area contributed by atoms with Crippen molar-refractivity contribution in [2.75, 3.05) is 37.7 Å². The van der Waals surface area contributed by atoms with Crippen LogP contribution in [0, 0.1) is 5.92 Å². The number of nitrogens with zero attached hydrogens (tertiary/aromatic N) is 3. The Hall–Kier alpha value is -2.08. The molecule has 2 aromatic rings. The van der Waals surface area contributed by atoms with Crippen LogP contribution in [-0.4, -0.2) is 48.3 Å². The molecule has 2 aromatic heterocycles. The summed E-state index contributed by atoms with van der Waals surface area (Å²) in [5.41, 5.74) is 0.877. The molecule has 4 rings (SSSR count). The Morgan fingerprint density at radius 3 is 2.77 bits per heavy atom. The molecular formula is C20H28N4O2. The van der Waals surface area contributed by atoms with Gasteiger partial charge in [-0.25, -0.2) is 4.98 Å². The number of fused-ring (bicyclic) bond motifs is 1. The summed E-state index contributed by atoms with van der Waals surface area (Å²) in [5.74, 6) is 1.69. The van der Waals surface area contributed by atoms with Crippen molar-refractivity contribution in [3.8, 4) is 0 Å². The van der Waals surface area contributed by atoms with Crippen molar-refractivity contribution < 1.29 is 9.53 Å². The topological polar surface area (TPSA) is 59.4 Å². The lowest BCUT2D eigenvalue weighted by Crippen LogP contribution is -2.36. The molecule has 1 aliphatic heterocycles. The molecule has 0 bridgehead atoms. The Morgan fingerprint density at radius 2 is 1.96 bits per heavy atom. The molecule has 6 nitrogen and oxygen atoms in total. The van der Waals surface area contributed by atoms with Crippen LogP contribution < -0.4 is 10.2 Å². The molecule has 0 spiro atoms. The number of morpholine rings is 1. The molecule has 0 atom stereocenters. The summed E-state index contributed by atoms with van der Waals surface area (Å²) in [6.07, 6.45) is 8.40. The molecule has 2 aliphatic rings. The maximum Gasteiger partial charge on any atom is 0.240 e. The zero-order valence-electron chi connectivity index (χ0n) is 15.3.